The lowest BCUT2D eigenvalue weighted by molar-refractivity contribution is -0.136. The number of aryl methyl sites for hydroxylation is 2. The lowest BCUT2D eigenvalue weighted by Crippen LogP contribution is -2.16. The average molecular weight is 469 g/mol. The molecule has 0 amide bonds. The van der Waals surface area contributed by atoms with Gasteiger partial charge in [0.25, 0.3) is 0 Å². The predicted octanol–water partition coefficient (Wildman–Crippen LogP) is 7.00. The van der Waals surface area contributed by atoms with Crippen molar-refractivity contribution in [3.8, 4) is 23.0 Å². The first-order chi connectivity index (χ1) is 15.8. The summed E-state index contributed by atoms with van der Waals surface area (Å²) in [5.41, 5.74) is 3.15. The Labute approximate surface area is 199 Å². The molecule has 0 fully saturated rings. The fourth-order valence-electron chi connectivity index (χ4n) is 3.56. The van der Waals surface area contributed by atoms with Gasteiger partial charge in [-0.15, -0.1) is 0 Å². The number of hydrogen-bond acceptors (Lipinski definition) is 4. The second-order valence-electron chi connectivity index (χ2n) is 8.00. The molecular weight excluding hydrogens is 440 g/mol. The molecule has 0 aromatic heterocycles. The molecule has 3 rings (SSSR count). The van der Waals surface area contributed by atoms with Gasteiger partial charge in [0.1, 0.15) is 11.5 Å². The Morgan fingerprint density at radius 3 is 2.33 bits per heavy atom. The maximum Gasteiger partial charge on any atom is 0.303 e. The Morgan fingerprint density at radius 1 is 0.970 bits per heavy atom. The van der Waals surface area contributed by atoms with E-state index in [1.165, 1.54) is 0 Å². The van der Waals surface area contributed by atoms with Gasteiger partial charge in [0.15, 0.2) is 11.5 Å². The molecule has 0 aliphatic carbocycles. The number of benzene rings is 3. The summed E-state index contributed by atoms with van der Waals surface area (Å²) in [6.45, 7) is 6.43. The lowest BCUT2D eigenvalue weighted by Gasteiger charge is -2.19. The van der Waals surface area contributed by atoms with Crippen LogP contribution in [0.4, 0.5) is 0 Å². The first-order valence-electron chi connectivity index (χ1n) is 11.0. The third kappa shape index (κ3) is 7.43. The quantitative estimate of drug-likeness (QED) is 0.328. The monoisotopic (exact) mass is 468 g/mol. The minimum atomic E-state index is -0.791. The Bertz CT molecular complexity index is 1060. The summed E-state index contributed by atoms with van der Waals surface area (Å²) in [5.74, 6) is 1.87. The van der Waals surface area contributed by atoms with Gasteiger partial charge in [-0.1, -0.05) is 29.8 Å². The summed E-state index contributed by atoms with van der Waals surface area (Å²) in [7, 11) is 0. The third-order valence-electron chi connectivity index (χ3n) is 5.26. The molecule has 0 aliphatic heterocycles. The largest absolute Gasteiger partial charge is 0.493 e. The average Bonchev–Trinajstić information content (AvgIpc) is 2.75. The van der Waals surface area contributed by atoms with E-state index in [1.807, 2.05) is 63.2 Å². The van der Waals surface area contributed by atoms with Crippen molar-refractivity contribution in [2.24, 2.45) is 0 Å². The first kappa shape index (κ1) is 24.5. The Hall–Kier alpha value is -3.18. The van der Waals surface area contributed by atoms with Crippen molar-refractivity contribution < 1.29 is 24.1 Å². The minimum absolute atomic E-state index is 0.110. The standard InChI is InChI=1S/C27H29ClO5/c1-18-15-23(16-19(2)24(18)10-12-27(29)30)31-14-13-20(3)32-25-11-9-21(28)17-26(25)33-22-7-5-4-6-8-22/h4-9,11,15-17,20H,10,12-14H2,1-3H3,(H,29,30). The molecule has 33 heavy (non-hydrogen) atoms. The highest BCUT2D eigenvalue weighted by molar-refractivity contribution is 6.30. The summed E-state index contributed by atoms with van der Waals surface area (Å²) in [6.07, 6.45) is 1.21. The Balaban J connectivity index is 1.57. The van der Waals surface area contributed by atoms with Gasteiger partial charge in [-0.2, -0.15) is 0 Å². The number of hydrogen-bond donors (Lipinski definition) is 1. The fourth-order valence-corrected chi connectivity index (χ4v) is 3.72. The van der Waals surface area contributed by atoms with E-state index < -0.39 is 5.97 Å². The maximum atomic E-state index is 10.9. The second-order valence-corrected chi connectivity index (χ2v) is 8.44. The predicted molar refractivity (Wildman–Crippen MR) is 130 cm³/mol. The van der Waals surface area contributed by atoms with Crippen LogP contribution in [0.3, 0.4) is 0 Å². The summed E-state index contributed by atoms with van der Waals surface area (Å²) >= 11 is 6.16. The van der Waals surface area contributed by atoms with Crippen LogP contribution in [0.5, 0.6) is 23.0 Å². The molecule has 3 aromatic rings. The molecule has 0 bridgehead atoms. The summed E-state index contributed by atoms with van der Waals surface area (Å²) in [6, 6.07) is 18.7. The van der Waals surface area contributed by atoms with Crippen molar-refractivity contribution in [3.63, 3.8) is 0 Å². The first-order valence-corrected chi connectivity index (χ1v) is 11.3. The number of carboxylic acid groups (broad SMARTS) is 1. The molecule has 3 aromatic carbocycles. The van der Waals surface area contributed by atoms with E-state index >= 15 is 0 Å². The van der Waals surface area contributed by atoms with E-state index in [-0.39, 0.29) is 12.5 Å². The van der Waals surface area contributed by atoms with Gasteiger partial charge in [-0.3, -0.25) is 4.79 Å². The van der Waals surface area contributed by atoms with E-state index in [0.717, 1.165) is 22.4 Å². The van der Waals surface area contributed by atoms with E-state index in [1.54, 1.807) is 18.2 Å². The molecule has 1 N–H and O–H groups in total. The molecule has 1 atom stereocenters. The number of para-hydroxylation sites is 1. The van der Waals surface area contributed by atoms with Gasteiger partial charge in [-0.25, -0.2) is 0 Å². The van der Waals surface area contributed by atoms with Crippen LogP contribution < -0.4 is 14.2 Å². The van der Waals surface area contributed by atoms with Crippen molar-refractivity contribution >= 4 is 17.6 Å². The number of halogens is 1. The second kappa shape index (κ2) is 11.6. The van der Waals surface area contributed by atoms with Crippen molar-refractivity contribution in [1.29, 1.82) is 0 Å². The highest BCUT2D eigenvalue weighted by Crippen LogP contribution is 2.35. The molecule has 0 saturated heterocycles. The van der Waals surface area contributed by atoms with E-state index in [4.69, 9.17) is 30.9 Å². The van der Waals surface area contributed by atoms with E-state index in [2.05, 4.69) is 0 Å². The lowest BCUT2D eigenvalue weighted by atomic mass is 9.98. The van der Waals surface area contributed by atoms with Crippen LogP contribution in [0.1, 0.15) is 36.5 Å². The Morgan fingerprint density at radius 2 is 1.67 bits per heavy atom. The van der Waals surface area contributed by atoms with Crippen molar-refractivity contribution in [3.05, 3.63) is 82.4 Å². The number of ether oxygens (including phenoxy) is 3. The number of carboxylic acids is 1. The maximum absolute atomic E-state index is 10.9. The molecule has 1 unspecified atom stereocenters. The van der Waals surface area contributed by atoms with Crippen molar-refractivity contribution in [2.75, 3.05) is 6.61 Å². The summed E-state index contributed by atoms with van der Waals surface area (Å²) in [5, 5.41) is 9.51. The fraction of sp³-hybridized carbons (Fsp3) is 0.296. The zero-order chi connectivity index (χ0) is 23.8. The minimum Gasteiger partial charge on any atom is -0.493 e. The van der Waals surface area contributed by atoms with Crippen molar-refractivity contribution in [2.45, 2.75) is 46.1 Å². The number of aliphatic carboxylic acids is 1. The van der Waals surface area contributed by atoms with Gasteiger partial charge in [-0.05, 0) is 80.3 Å². The van der Waals surface area contributed by atoms with Crippen molar-refractivity contribution in [1.82, 2.24) is 0 Å². The Kier molecular flexibility index (Phi) is 8.61. The van der Waals surface area contributed by atoms with Crippen LogP contribution in [-0.2, 0) is 11.2 Å². The molecule has 5 nitrogen and oxygen atoms in total. The molecule has 0 radical (unpaired) electrons. The van der Waals surface area contributed by atoms with E-state index in [0.29, 0.717) is 41.7 Å². The molecule has 0 heterocycles. The molecule has 6 heteroatoms. The molecule has 174 valence electrons. The highest BCUT2D eigenvalue weighted by atomic mass is 35.5. The van der Waals surface area contributed by atoms with Crippen LogP contribution in [0.25, 0.3) is 0 Å². The zero-order valence-electron chi connectivity index (χ0n) is 19.1. The summed E-state index contributed by atoms with van der Waals surface area (Å²) in [4.78, 5) is 10.9. The SMILES string of the molecule is Cc1cc(OCCC(C)Oc2ccc(Cl)cc2Oc2ccccc2)cc(C)c1CCC(=O)O. The van der Waals surface area contributed by atoms with Gasteiger partial charge in [0, 0.05) is 23.9 Å². The van der Waals surface area contributed by atoms with Crippen LogP contribution in [0.2, 0.25) is 5.02 Å². The normalized spacial score (nSPS) is 11.6. The van der Waals surface area contributed by atoms with Gasteiger partial charge in [0.05, 0.1) is 12.7 Å². The molecule has 0 spiro atoms. The third-order valence-corrected chi connectivity index (χ3v) is 5.49. The van der Waals surface area contributed by atoms with E-state index in [9.17, 15) is 4.79 Å². The van der Waals surface area contributed by atoms with Gasteiger partial charge < -0.3 is 19.3 Å². The molecule has 0 saturated carbocycles. The number of carbonyl (C=O) groups is 1. The molecular formula is C27H29ClO5. The number of rotatable bonds is 11. The topological polar surface area (TPSA) is 65.0 Å². The van der Waals surface area contributed by atoms with Gasteiger partial charge >= 0.3 is 5.97 Å². The van der Waals surface area contributed by atoms with Crippen LogP contribution in [0, 0.1) is 13.8 Å². The summed E-state index contributed by atoms with van der Waals surface area (Å²) < 4.78 is 18.0. The van der Waals surface area contributed by atoms with Crippen LogP contribution >= 0.6 is 11.6 Å². The highest BCUT2D eigenvalue weighted by Gasteiger charge is 2.13. The zero-order valence-corrected chi connectivity index (χ0v) is 19.9. The van der Waals surface area contributed by atoms with Crippen LogP contribution in [0.15, 0.2) is 60.7 Å². The smallest absolute Gasteiger partial charge is 0.303 e. The van der Waals surface area contributed by atoms with Crippen LogP contribution in [-0.4, -0.2) is 23.8 Å². The molecule has 0 aliphatic rings. The van der Waals surface area contributed by atoms with Gasteiger partial charge in [0.2, 0.25) is 0 Å².